The minimum Gasteiger partial charge on any atom is -0.303 e. The average molecular weight is 236 g/mol. The molecule has 2 heteroatoms. The van der Waals surface area contributed by atoms with Crippen LogP contribution in [0.15, 0.2) is 0 Å². The molecule has 0 aromatic carbocycles. The first kappa shape index (κ1) is 14.5. The SMILES string of the molecule is C#CC(CCC)NC(C)C1CCCN(CC)C1. The fraction of sp³-hybridized carbons (Fsp3) is 0.867. The highest BCUT2D eigenvalue weighted by atomic mass is 15.1. The summed E-state index contributed by atoms with van der Waals surface area (Å²) in [6.07, 6.45) is 10.5. The Morgan fingerprint density at radius 3 is 2.82 bits per heavy atom. The predicted octanol–water partition coefficient (Wildman–Crippen LogP) is 2.50. The van der Waals surface area contributed by atoms with Crippen LogP contribution in [-0.2, 0) is 0 Å². The standard InChI is InChI=1S/C15H28N2/c1-5-9-15(6-2)16-13(4)14-10-8-11-17(7-3)12-14/h2,13-16H,5,7-12H2,1,3-4H3. The molecule has 0 aromatic rings. The molecular weight excluding hydrogens is 208 g/mol. The third-order valence-electron chi connectivity index (χ3n) is 3.94. The lowest BCUT2D eigenvalue weighted by molar-refractivity contribution is 0.154. The van der Waals surface area contributed by atoms with Crippen LogP contribution in [0.3, 0.4) is 0 Å². The van der Waals surface area contributed by atoms with Crippen molar-refractivity contribution in [2.24, 2.45) is 5.92 Å². The number of terminal acetylenes is 1. The Morgan fingerprint density at radius 1 is 1.47 bits per heavy atom. The molecular formula is C15H28N2. The third kappa shape index (κ3) is 4.69. The van der Waals surface area contributed by atoms with Gasteiger partial charge in [-0.3, -0.25) is 0 Å². The normalized spacial score (nSPS) is 25.2. The fourth-order valence-corrected chi connectivity index (χ4v) is 2.74. The lowest BCUT2D eigenvalue weighted by Crippen LogP contribution is -2.47. The van der Waals surface area contributed by atoms with Crippen LogP contribution in [0.5, 0.6) is 0 Å². The van der Waals surface area contributed by atoms with Crippen molar-refractivity contribution in [3.63, 3.8) is 0 Å². The number of hydrogen-bond donors (Lipinski definition) is 1. The summed E-state index contributed by atoms with van der Waals surface area (Å²) >= 11 is 0. The molecule has 1 saturated heterocycles. The van der Waals surface area contributed by atoms with Crippen LogP contribution in [0.2, 0.25) is 0 Å². The molecule has 1 aliphatic heterocycles. The first-order valence-electron chi connectivity index (χ1n) is 7.15. The monoisotopic (exact) mass is 236 g/mol. The quantitative estimate of drug-likeness (QED) is 0.713. The van der Waals surface area contributed by atoms with E-state index in [2.05, 4.69) is 36.9 Å². The number of nitrogens with zero attached hydrogens (tertiary/aromatic N) is 1. The lowest BCUT2D eigenvalue weighted by Gasteiger charge is -2.36. The van der Waals surface area contributed by atoms with Gasteiger partial charge in [-0.1, -0.05) is 26.2 Å². The second-order valence-corrected chi connectivity index (χ2v) is 5.26. The summed E-state index contributed by atoms with van der Waals surface area (Å²) in [6, 6.07) is 0.795. The van der Waals surface area contributed by atoms with Crippen LogP contribution in [-0.4, -0.2) is 36.6 Å². The summed E-state index contributed by atoms with van der Waals surface area (Å²) in [4.78, 5) is 2.55. The molecule has 3 unspecified atom stereocenters. The van der Waals surface area contributed by atoms with Crippen molar-refractivity contribution >= 4 is 0 Å². The van der Waals surface area contributed by atoms with Gasteiger partial charge in [0.05, 0.1) is 6.04 Å². The van der Waals surface area contributed by atoms with Gasteiger partial charge in [0.25, 0.3) is 0 Å². The van der Waals surface area contributed by atoms with Crippen molar-refractivity contribution in [2.75, 3.05) is 19.6 Å². The van der Waals surface area contributed by atoms with E-state index in [1.165, 1.54) is 32.5 Å². The zero-order valence-electron chi connectivity index (χ0n) is 11.7. The minimum atomic E-state index is 0.256. The van der Waals surface area contributed by atoms with E-state index < -0.39 is 0 Å². The van der Waals surface area contributed by atoms with Gasteiger partial charge in [0.1, 0.15) is 0 Å². The first-order valence-corrected chi connectivity index (χ1v) is 7.15. The molecule has 1 heterocycles. The van der Waals surface area contributed by atoms with Gasteiger partial charge >= 0.3 is 0 Å². The van der Waals surface area contributed by atoms with Crippen LogP contribution >= 0.6 is 0 Å². The summed E-state index contributed by atoms with van der Waals surface area (Å²) < 4.78 is 0. The van der Waals surface area contributed by atoms with E-state index in [1.807, 2.05) is 0 Å². The van der Waals surface area contributed by atoms with Gasteiger partial charge in [-0.25, -0.2) is 0 Å². The largest absolute Gasteiger partial charge is 0.303 e. The maximum Gasteiger partial charge on any atom is 0.0688 e. The van der Waals surface area contributed by atoms with Gasteiger partial charge < -0.3 is 10.2 Å². The number of rotatable bonds is 6. The van der Waals surface area contributed by atoms with Crippen LogP contribution in [0.1, 0.15) is 46.5 Å². The number of nitrogens with one attached hydrogen (secondary N) is 1. The van der Waals surface area contributed by atoms with Gasteiger partial charge in [0, 0.05) is 12.6 Å². The first-order chi connectivity index (χ1) is 8.21. The Hall–Kier alpha value is -0.520. The molecule has 1 aliphatic rings. The van der Waals surface area contributed by atoms with E-state index in [1.54, 1.807) is 0 Å². The number of piperidine rings is 1. The molecule has 0 aliphatic carbocycles. The summed E-state index contributed by atoms with van der Waals surface area (Å²) in [5.41, 5.74) is 0. The van der Waals surface area contributed by atoms with Gasteiger partial charge in [0.2, 0.25) is 0 Å². The average Bonchev–Trinajstić information content (AvgIpc) is 2.38. The molecule has 0 aromatic heterocycles. The van der Waals surface area contributed by atoms with E-state index >= 15 is 0 Å². The topological polar surface area (TPSA) is 15.3 Å². The molecule has 1 fully saturated rings. The Morgan fingerprint density at radius 2 is 2.24 bits per heavy atom. The van der Waals surface area contributed by atoms with E-state index in [0.29, 0.717) is 6.04 Å². The Labute approximate surface area is 107 Å². The van der Waals surface area contributed by atoms with E-state index in [4.69, 9.17) is 6.42 Å². The van der Waals surface area contributed by atoms with Crippen LogP contribution in [0.4, 0.5) is 0 Å². The number of likely N-dealkylation sites (tertiary alicyclic amines) is 1. The van der Waals surface area contributed by atoms with Crippen molar-refractivity contribution in [1.29, 1.82) is 0 Å². The van der Waals surface area contributed by atoms with Crippen LogP contribution in [0.25, 0.3) is 0 Å². The van der Waals surface area contributed by atoms with Crippen molar-refractivity contribution < 1.29 is 0 Å². The summed E-state index contributed by atoms with van der Waals surface area (Å²) in [5.74, 6) is 3.63. The van der Waals surface area contributed by atoms with Gasteiger partial charge in [-0.15, -0.1) is 6.42 Å². The molecule has 0 bridgehead atoms. The Kier molecular flexibility index (Phi) is 6.62. The highest BCUT2D eigenvalue weighted by Gasteiger charge is 2.24. The highest BCUT2D eigenvalue weighted by molar-refractivity contribution is 5.00. The maximum absolute atomic E-state index is 5.57. The number of hydrogen-bond acceptors (Lipinski definition) is 2. The molecule has 1 rings (SSSR count). The molecule has 3 atom stereocenters. The fourth-order valence-electron chi connectivity index (χ4n) is 2.74. The van der Waals surface area contributed by atoms with Crippen LogP contribution < -0.4 is 5.32 Å². The molecule has 1 N–H and O–H groups in total. The summed E-state index contributed by atoms with van der Waals surface area (Å²) in [7, 11) is 0. The molecule has 0 saturated carbocycles. The van der Waals surface area contributed by atoms with E-state index in [0.717, 1.165) is 18.8 Å². The zero-order chi connectivity index (χ0) is 12.7. The molecule has 98 valence electrons. The van der Waals surface area contributed by atoms with Gasteiger partial charge in [-0.05, 0) is 45.2 Å². The lowest BCUT2D eigenvalue weighted by atomic mass is 9.91. The van der Waals surface area contributed by atoms with Crippen molar-refractivity contribution in [3.8, 4) is 12.3 Å². The summed E-state index contributed by atoms with van der Waals surface area (Å²) in [5, 5.41) is 3.62. The third-order valence-corrected chi connectivity index (χ3v) is 3.94. The predicted molar refractivity (Wildman–Crippen MR) is 75.0 cm³/mol. The Balaban J connectivity index is 2.40. The molecule has 0 spiro atoms. The second kappa shape index (κ2) is 7.74. The van der Waals surface area contributed by atoms with E-state index in [9.17, 15) is 0 Å². The van der Waals surface area contributed by atoms with Crippen LogP contribution in [0, 0.1) is 18.3 Å². The second-order valence-electron chi connectivity index (χ2n) is 5.26. The van der Waals surface area contributed by atoms with Crippen molar-refractivity contribution in [2.45, 2.75) is 58.5 Å². The van der Waals surface area contributed by atoms with Crippen molar-refractivity contribution in [1.82, 2.24) is 10.2 Å². The zero-order valence-corrected chi connectivity index (χ0v) is 11.7. The molecule has 0 amide bonds. The van der Waals surface area contributed by atoms with Gasteiger partial charge in [0.15, 0.2) is 0 Å². The molecule has 17 heavy (non-hydrogen) atoms. The molecule has 2 nitrogen and oxygen atoms in total. The van der Waals surface area contributed by atoms with Crippen molar-refractivity contribution in [3.05, 3.63) is 0 Å². The summed E-state index contributed by atoms with van der Waals surface area (Å²) in [6.45, 7) is 10.4. The Bertz CT molecular complexity index is 244. The van der Waals surface area contributed by atoms with E-state index in [-0.39, 0.29) is 6.04 Å². The molecule has 0 radical (unpaired) electrons. The smallest absolute Gasteiger partial charge is 0.0688 e. The minimum absolute atomic E-state index is 0.256. The highest BCUT2D eigenvalue weighted by Crippen LogP contribution is 2.20. The van der Waals surface area contributed by atoms with Gasteiger partial charge in [-0.2, -0.15) is 0 Å². The maximum atomic E-state index is 5.57.